The minimum atomic E-state index is 0.0194. The number of carbonyl (C=O) groups is 1. The Hall–Kier alpha value is -1.70. The molecule has 3 aromatic rings. The number of para-hydroxylation sites is 1. The van der Waals surface area contributed by atoms with Gasteiger partial charge in [0.25, 0.3) is 5.91 Å². The molecule has 2 aromatic heterocycles. The number of fused-ring (bicyclic) bond motifs is 1. The molecule has 0 aliphatic carbocycles. The lowest BCUT2D eigenvalue weighted by Crippen LogP contribution is -2.48. The van der Waals surface area contributed by atoms with E-state index in [1.54, 1.807) is 11.3 Å². The molecule has 0 bridgehead atoms. The summed E-state index contributed by atoms with van der Waals surface area (Å²) < 4.78 is 1.16. The molecular weight excluding hydrogens is 388 g/mol. The van der Waals surface area contributed by atoms with Gasteiger partial charge in [0.2, 0.25) is 0 Å². The maximum Gasteiger partial charge on any atom is 0.275 e. The van der Waals surface area contributed by atoms with Gasteiger partial charge in [-0.3, -0.25) is 14.8 Å². The van der Waals surface area contributed by atoms with Gasteiger partial charge in [0, 0.05) is 43.0 Å². The Bertz CT molecular complexity index is 866. The number of hydrogen-bond donors (Lipinski definition) is 1. The van der Waals surface area contributed by atoms with Crippen molar-refractivity contribution in [1.29, 1.82) is 0 Å². The summed E-state index contributed by atoms with van der Waals surface area (Å²) in [6, 6.07) is 12.0. The number of benzene rings is 1. The van der Waals surface area contributed by atoms with Gasteiger partial charge < -0.3 is 4.90 Å². The van der Waals surface area contributed by atoms with Crippen molar-refractivity contribution < 1.29 is 4.79 Å². The molecule has 1 aliphatic heterocycles. The van der Waals surface area contributed by atoms with Crippen molar-refractivity contribution in [3.05, 3.63) is 50.8 Å². The molecule has 0 atom stereocenters. The first kappa shape index (κ1) is 15.8. The van der Waals surface area contributed by atoms with E-state index in [0.29, 0.717) is 5.69 Å². The number of aromatic nitrogens is 2. The zero-order valence-electron chi connectivity index (χ0n) is 13.0. The van der Waals surface area contributed by atoms with Crippen LogP contribution in [-0.2, 0) is 6.54 Å². The minimum Gasteiger partial charge on any atom is -0.335 e. The fraction of sp³-hybridized carbons (Fsp3) is 0.294. The van der Waals surface area contributed by atoms with Crippen LogP contribution in [0.5, 0.6) is 0 Å². The summed E-state index contributed by atoms with van der Waals surface area (Å²) in [6.07, 6.45) is 0. The van der Waals surface area contributed by atoms with Crippen LogP contribution in [0, 0.1) is 0 Å². The van der Waals surface area contributed by atoms with Crippen LogP contribution in [0.3, 0.4) is 0 Å². The van der Waals surface area contributed by atoms with E-state index >= 15 is 0 Å². The van der Waals surface area contributed by atoms with Crippen molar-refractivity contribution >= 4 is 44.1 Å². The van der Waals surface area contributed by atoms with Gasteiger partial charge >= 0.3 is 0 Å². The zero-order chi connectivity index (χ0) is 16.5. The first-order valence-corrected chi connectivity index (χ1v) is 9.50. The Morgan fingerprint density at radius 3 is 2.71 bits per heavy atom. The Morgan fingerprint density at radius 1 is 1.17 bits per heavy atom. The summed E-state index contributed by atoms with van der Waals surface area (Å²) in [6.45, 7) is 4.22. The zero-order valence-corrected chi connectivity index (χ0v) is 15.4. The second-order valence-corrected chi connectivity index (χ2v) is 8.44. The van der Waals surface area contributed by atoms with Gasteiger partial charge in [-0.1, -0.05) is 18.2 Å². The highest BCUT2D eigenvalue weighted by molar-refractivity contribution is 9.11. The number of nitrogens with zero attached hydrogens (tertiary/aromatic N) is 3. The van der Waals surface area contributed by atoms with Crippen molar-refractivity contribution in [2.75, 3.05) is 26.2 Å². The first-order valence-electron chi connectivity index (χ1n) is 7.89. The van der Waals surface area contributed by atoms with Crippen LogP contribution in [0.15, 0.2) is 40.2 Å². The Morgan fingerprint density at radius 2 is 1.96 bits per heavy atom. The highest BCUT2D eigenvalue weighted by atomic mass is 79.9. The van der Waals surface area contributed by atoms with E-state index in [2.05, 4.69) is 43.2 Å². The largest absolute Gasteiger partial charge is 0.335 e. The summed E-state index contributed by atoms with van der Waals surface area (Å²) in [7, 11) is 0. The minimum absolute atomic E-state index is 0.0194. The normalized spacial score (nSPS) is 16.0. The van der Waals surface area contributed by atoms with Gasteiger partial charge in [-0.15, -0.1) is 11.3 Å². The lowest BCUT2D eigenvalue weighted by Gasteiger charge is -2.34. The third-order valence-electron chi connectivity index (χ3n) is 4.34. The average Bonchev–Trinajstić information content (AvgIpc) is 3.21. The van der Waals surface area contributed by atoms with Crippen LogP contribution < -0.4 is 0 Å². The van der Waals surface area contributed by atoms with Gasteiger partial charge in [-0.05, 0) is 34.1 Å². The van der Waals surface area contributed by atoms with Crippen LogP contribution in [-0.4, -0.2) is 52.1 Å². The predicted octanol–water partition coefficient (Wildman–Crippen LogP) is 3.34. The SMILES string of the molecule is O=C(c1n[nH]c2ccccc12)N1CCN(Cc2ccc(Br)s2)CC1. The summed E-state index contributed by atoms with van der Waals surface area (Å²) >= 11 is 5.27. The molecule has 5 nitrogen and oxygen atoms in total. The average molecular weight is 405 g/mol. The smallest absolute Gasteiger partial charge is 0.275 e. The molecule has 1 N–H and O–H groups in total. The van der Waals surface area contributed by atoms with E-state index < -0.39 is 0 Å². The molecule has 4 rings (SSSR count). The van der Waals surface area contributed by atoms with Crippen molar-refractivity contribution in [3.63, 3.8) is 0 Å². The molecule has 0 unspecified atom stereocenters. The Labute approximate surface area is 152 Å². The lowest BCUT2D eigenvalue weighted by molar-refractivity contribution is 0.0625. The maximum atomic E-state index is 12.8. The van der Waals surface area contributed by atoms with Crippen molar-refractivity contribution in [1.82, 2.24) is 20.0 Å². The van der Waals surface area contributed by atoms with Crippen LogP contribution in [0.2, 0.25) is 0 Å². The van der Waals surface area contributed by atoms with Gasteiger partial charge in [0.1, 0.15) is 0 Å². The summed E-state index contributed by atoms with van der Waals surface area (Å²) in [4.78, 5) is 18.4. The van der Waals surface area contributed by atoms with E-state index in [-0.39, 0.29) is 5.91 Å². The highest BCUT2D eigenvalue weighted by Crippen LogP contribution is 2.24. The van der Waals surface area contributed by atoms with Gasteiger partial charge in [0.15, 0.2) is 5.69 Å². The molecule has 124 valence electrons. The number of nitrogens with one attached hydrogen (secondary N) is 1. The molecule has 1 fully saturated rings. The number of H-pyrrole nitrogens is 1. The second-order valence-electron chi connectivity index (χ2n) is 5.89. The molecule has 3 heterocycles. The van der Waals surface area contributed by atoms with Gasteiger partial charge in [-0.25, -0.2) is 0 Å². The topological polar surface area (TPSA) is 52.2 Å². The van der Waals surface area contributed by atoms with Crippen LogP contribution >= 0.6 is 27.3 Å². The molecule has 0 radical (unpaired) electrons. The predicted molar refractivity (Wildman–Crippen MR) is 99.3 cm³/mol. The Balaban J connectivity index is 1.41. The van der Waals surface area contributed by atoms with E-state index in [1.807, 2.05) is 29.2 Å². The standard InChI is InChI=1S/C17H17BrN4OS/c18-15-6-5-12(24-15)11-21-7-9-22(10-8-21)17(23)16-13-3-1-2-4-14(13)19-20-16/h1-6H,7-11H2,(H,19,20). The third-order valence-corrected chi connectivity index (χ3v) is 5.95. The summed E-state index contributed by atoms with van der Waals surface area (Å²) in [5, 5.41) is 8.06. The van der Waals surface area contributed by atoms with Crippen LogP contribution in [0.1, 0.15) is 15.4 Å². The molecule has 1 aliphatic rings. The number of thiophene rings is 1. The van der Waals surface area contributed by atoms with Crippen molar-refractivity contribution in [3.8, 4) is 0 Å². The van der Waals surface area contributed by atoms with Gasteiger partial charge in [0.05, 0.1) is 9.30 Å². The second kappa shape index (κ2) is 6.66. The molecule has 0 spiro atoms. The lowest BCUT2D eigenvalue weighted by atomic mass is 10.2. The number of hydrogen-bond acceptors (Lipinski definition) is 4. The Kier molecular flexibility index (Phi) is 4.39. The van der Waals surface area contributed by atoms with Crippen LogP contribution in [0.4, 0.5) is 0 Å². The molecule has 0 saturated carbocycles. The molecule has 24 heavy (non-hydrogen) atoms. The van der Waals surface area contributed by atoms with E-state index in [9.17, 15) is 4.79 Å². The van der Waals surface area contributed by atoms with Crippen LogP contribution in [0.25, 0.3) is 10.9 Å². The number of carbonyl (C=O) groups excluding carboxylic acids is 1. The fourth-order valence-electron chi connectivity index (χ4n) is 3.04. The van der Waals surface area contributed by atoms with Crippen molar-refractivity contribution in [2.45, 2.75) is 6.54 Å². The highest BCUT2D eigenvalue weighted by Gasteiger charge is 2.25. The van der Waals surface area contributed by atoms with Gasteiger partial charge in [-0.2, -0.15) is 5.10 Å². The number of halogens is 1. The summed E-state index contributed by atoms with van der Waals surface area (Å²) in [5.41, 5.74) is 1.43. The first-order chi connectivity index (χ1) is 11.7. The number of rotatable bonds is 3. The number of amides is 1. The van der Waals surface area contributed by atoms with E-state index in [1.165, 1.54) is 4.88 Å². The molecular formula is C17H17BrN4OS. The number of aromatic amines is 1. The van der Waals surface area contributed by atoms with E-state index in [4.69, 9.17) is 0 Å². The third kappa shape index (κ3) is 3.11. The summed E-state index contributed by atoms with van der Waals surface area (Å²) in [5.74, 6) is 0.0194. The number of piperazine rings is 1. The molecule has 1 saturated heterocycles. The quantitative estimate of drug-likeness (QED) is 0.727. The van der Waals surface area contributed by atoms with E-state index in [0.717, 1.165) is 47.4 Å². The monoisotopic (exact) mass is 404 g/mol. The fourth-order valence-corrected chi connectivity index (χ4v) is 4.57. The molecule has 1 amide bonds. The van der Waals surface area contributed by atoms with Crippen molar-refractivity contribution in [2.24, 2.45) is 0 Å². The molecule has 7 heteroatoms. The molecule has 1 aromatic carbocycles. The maximum absolute atomic E-state index is 12.8.